The fourth-order valence-corrected chi connectivity index (χ4v) is 4.52. The number of fused-ring (bicyclic) bond motifs is 1. The molecule has 4 rings (SSSR count). The molecular weight excluding hydrogens is 384 g/mol. The van der Waals surface area contributed by atoms with Crippen LogP contribution in [0.3, 0.4) is 0 Å². The van der Waals surface area contributed by atoms with Gasteiger partial charge in [-0.05, 0) is 31.4 Å². The second kappa shape index (κ2) is 8.14. The van der Waals surface area contributed by atoms with Crippen molar-refractivity contribution in [3.05, 3.63) is 72.3 Å². The van der Waals surface area contributed by atoms with Crippen molar-refractivity contribution in [2.75, 3.05) is 0 Å². The Bertz CT molecular complexity index is 1130. The Balaban J connectivity index is 1.59. The highest BCUT2D eigenvalue weighted by Crippen LogP contribution is 2.32. The first-order chi connectivity index (χ1) is 14.0. The van der Waals surface area contributed by atoms with Crippen LogP contribution in [0.2, 0.25) is 0 Å². The number of aryl methyl sites for hydroxylation is 1. The van der Waals surface area contributed by atoms with Gasteiger partial charge in [-0.25, -0.2) is 9.97 Å². The van der Waals surface area contributed by atoms with E-state index in [4.69, 9.17) is 10.7 Å². The Morgan fingerprint density at radius 3 is 2.69 bits per heavy atom. The van der Waals surface area contributed by atoms with Crippen LogP contribution < -0.4 is 5.73 Å². The first-order valence-electron chi connectivity index (χ1n) is 9.48. The molecule has 3 N–H and O–H groups in total. The molecule has 148 valence electrons. The van der Waals surface area contributed by atoms with E-state index in [0.29, 0.717) is 6.42 Å². The van der Waals surface area contributed by atoms with Gasteiger partial charge in [-0.2, -0.15) is 0 Å². The van der Waals surface area contributed by atoms with Crippen LogP contribution >= 0.6 is 11.3 Å². The van der Waals surface area contributed by atoms with Crippen LogP contribution in [0, 0.1) is 0 Å². The number of benzene rings is 2. The third-order valence-electron chi connectivity index (χ3n) is 5.03. The summed E-state index contributed by atoms with van der Waals surface area (Å²) in [5.41, 5.74) is 8.75. The molecule has 0 saturated carbocycles. The van der Waals surface area contributed by atoms with Crippen LogP contribution in [0.25, 0.3) is 20.8 Å². The van der Waals surface area contributed by atoms with Crippen LogP contribution in [-0.4, -0.2) is 31.7 Å². The van der Waals surface area contributed by atoms with Gasteiger partial charge in [-0.1, -0.05) is 42.5 Å². The highest BCUT2D eigenvalue weighted by atomic mass is 32.1. The summed E-state index contributed by atoms with van der Waals surface area (Å²) < 4.78 is 2.91. The van der Waals surface area contributed by atoms with Crippen LogP contribution in [0.5, 0.6) is 0 Å². The van der Waals surface area contributed by atoms with Crippen LogP contribution in [0.4, 0.5) is 0 Å². The molecule has 0 spiro atoms. The van der Waals surface area contributed by atoms with Gasteiger partial charge in [0, 0.05) is 11.8 Å². The van der Waals surface area contributed by atoms with Crippen molar-refractivity contribution in [3.8, 4) is 10.6 Å². The molecule has 1 amide bonds. The van der Waals surface area contributed by atoms with Gasteiger partial charge in [0.1, 0.15) is 10.7 Å². The number of primary amides is 1. The molecule has 4 aromatic rings. The number of aliphatic hydroxyl groups is 1. The van der Waals surface area contributed by atoms with E-state index in [1.165, 1.54) is 0 Å². The normalized spacial score (nSPS) is 13.4. The van der Waals surface area contributed by atoms with E-state index in [-0.39, 0.29) is 11.7 Å². The number of hydrogen-bond acceptors (Lipinski definition) is 5. The van der Waals surface area contributed by atoms with E-state index in [0.717, 1.165) is 32.8 Å². The number of hydrogen-bond donors (Lipinski definition) is 2. The molecule has 2 aromatic carbocycles. The van der Waals surface area contributed by atoms with Crippen molar-refractivity contribution in [3.63, 3.8) is 0 Å². The first kappa shape index (κ1) is 19.3. The van der Waals surface area contributed by atoms with E-state index < -0.39 is 12.0 Å². The molecule has 7 heteroatoms. The standard InChI is InChI=1S/C22H22N4O2S/c1-14(27)18(26-12-17(21(23)28)24-13-26)11-10-15-8-5-9-19-20(15)25-22(29-19)16-6-3-2-4-7-16/h2-9,12-14,18,27H,10-11H2,1H3,(H2,23,28)/t14-,18+/m0/s1. The summed E-state index contributed by atoms with van der Waals surface area (Å²) in [5, 5.41) is 11.3. The molecule has 2 aromatic heterocycles. The van der Waals surface area contributed by atoms with Crippen molar-refractivity contribution in [2.24, 2.45) is 5.73 Å². The summed E-state index contributed by atoms with van der Waals surface area (Å²) in [5.74, 6) is -0.575. The highest BCUT2D eigenvalue weighted by Gasteiger charge is 2.19. The summed E-state index contributed by atoms with van der Waals surface area (Å²) in [7, 11) is 0. The molecule has 0 aliphatic heterocycles. The Morgan fingerprint density at radius 1 is 1.21 bits per heavy atom. The largest absolute Gasteiger partial charge is 0.391 e. The maximum absolute atomic E-state index is 11.3. The quantitative estimate of drug-likeness (QED) is 0.488. The third-order valence-corrected chi connectivity index (χ3v) is 6.10. The minimum Gasteiger partial charge on any atom is -0.391 e. The second-order valence-electron chi connectivity index (χ2n) is 7.07. The predicted octanol–water partition coefficient (Wildman–Crippen LogP) is 3.81. The Morgan fingerprint density at radius 2 is 2.00 bits per heavy atom. The lowest BCUT2D eigenvalue weighted by Gasteiger charge is -2.21. The van der Waals surface area contributed by atoms with Gasteiger partial charge in [0.25, 0.3) is 5.91 Å². The summed E-state index contributed by atoms with van der Waals surface area (Å²) >= 11 is 1.68. The van der Waals surface area contributed by atoms with Crippen molar-refractivity contribution >= 4 is 27.5 Å². The number of rotatable bonds is 7. The summed E-state index contributed by atoms with van der Waals surface area (Å²) in [4.78, 5) is 20.2. The number of carbonyl (C=O) groups is 1. The first-order valence-corrected chi connectivity index (χ1v) is 10.3. The van der Waals surface area contributed by atoms with Gasteiger partial charge >= 0.3 is 0 Å². The van der Waals surface area contributed by atoms with Crippen LogP contribution in [0.15, 0.2) is 61.1 Å². The van der Waals surface area contributed by atoms with Gasteiger partial charge in [0.15, 0.2) is 0 Å². The van der Waals surface area contributed by atoms with E-state index >= 15 is 0 Å². The van der Waals surface area contributed by atoms with Gasteiger partial charge in [-0.3, -0.25) is 4.79 Å². The molecule has 0 saturated heterocycles. The molecule has 0 unspecified atom stereocenters. The lowest BCUT2D eigenvalue weighted by atomic mass is 10.0. The number of thiazole rings is 1. The molecular formula is C22H22N4O2S. The number of para-hydroxylation sites is 1. The molecule has 6 nitrogen and oxygen atoms in total. The lowest BCUT2D eigenvalue weighted by molar-refractivity contribution is 0.0994. The monoisotopic (exact) mass is 406 g/mol. The van der Waals surface area contributed by atoms with E-state index in [9.17, 15) is 9.90 Å². The van der Waals surface area contributed by atoms with Crippen molar-refractivity contribution < 1.29 is 9.90 Å². The number of imidazole rings is 1. The molecule has 0 fully saturated rings. The van der Waals surface area contributed by atoms with Crippen molar-refractivity contribution in [1.29, 1.82) is 0 Å². The van der Waals surface area contributed by atoms with Crippen molar-refractivity contribution in [1.82, 2.24) is 14.5 Å². The fraction of sp³-hybridized carbons (Fsp3) is 0.227. The molecule has 0 radical (unpaired) electrons. The van der Waals surface area contributed by atoms with Gasteiger partial charge in [0.05, 0.1) is 28.7 Å². The number of aliphatic hydroxyl groups excluding tert-OH is 1. The molecule has 29 heavy (non-hydrogen) atoms. The number of amides is 1. The number of aromatic nitrogens is 3. The zero-order valence-electron chi connectivity index (χ0n) is 16.0. The summed E-state index contributed by atoms with van der Waals surface area (Å²) in [6, 6.07) is 16.2. The lowest BCUT2D eigenvalue weighted by Crippen LogP contribution is -2.21. The number of nitrogens with two attached hydrogens (primary N) is 1. The fourth-order valence-electron chi connectivity index (χ4n) is 3.50. The minimum absolute atomic E-state index is 0.199. The third kappa shape index (κ3) is 4.06. The van der Waals surface area contributed by atoms with E-state index in [2.05, 4.69) is 29.2 Å². The van der Waals surface area contributed by atoms with Gasteiger partial charge < -0.3 is 15.4 Å². The SMILES string of the molecule is C[C@H](O)[C@@H](CCc1cccc2sc(-c3ccccc3)nc12)n1cnc(C(N)=O)c1. The minimum atomic E-state index is -0.598. The smallest absolute Gasteiger partial charge is 0.268 e. The molecule has 0 aliphatic carbocycles. The average Bonchev–Trinajstić information content (AvgIpc) is 3.36. The van der Waals surface area contributed by atoms with E-state index in [1.807, 2.05) is 24.3 Å². The molecule has 0 bridgehead atoms. The second-order valence-corrected chi connectivity index (χ2v) is 8.10. The van der Waals surface area contributed by atoms with Crippen molar-refractivity contribution in [2.45, 2.75) is 31.9 Å². The Kier molecular flexibility index (Phi) is 5.42. The van der Waals surface area contributed by atoms with Crippen LogP contribution in [0.1, 0.15) is 35.4 Å². The maximum atomic E-state index is 11.3. The zero-order valence-corrected chi connectivity index (χ0v) is 16.8. The zero-order chi connectivity index (χ0) is 20.4. The summed E-state index contributed by atoms with van der Waals surface area (Å²) in [6.07, 6.45) is 3.98. The Labute approximate surface area is 172 Å². The molecule has 2 atom stereocenters. The van der Waals surface area contributed by atoms with Gasteiger partial charge in [0.2, 0.25) is 0 Å². The number of carbonyl (C=O) groups excluding carboxylic acids is 1. The average molecular weight is 407 g/mol. The topological polar surface area (TPSA) is 94.0 Å². The Hall–Kier alpha value is -3.03. The van der Waals surface area contributed by atoms with Gasteiger partial charge in [-0.15, -0.1) is 11.3 Å². The highest BCUT2D eigenvalue weighted by molar-refractivity contribution is 7.21. The van der Waals surface area contributed by atoms with E-state index in [1.54, 1.807) is 35.4 Å². The molecule has 2 heterocycles. The maximum Gasteiger partial charge on any atom is 0.268 e. The van der Waals surface area contributed by atoms with Crippen LogP contribution in [-0.2, 0) is 6.42 Å². The summed E-state index contributed by atoms with van der Waals surface area (Å²) in [6.45, 7) is 1.74. The molecule has 0 aliphatic rings. The number of nitrogens with zero attached hydrogens (tertiary/aromatic N) is 3. The predicted molar refractivity (Wildman–Crippen MR) is 115 cm³/mol.